The van der Waals surface area contributed by atoms with E-state index in [2.05, 4.69) is 39.0 Å². The van der Waals surface area contributed by atoms with Gasteiger partial charge in [0.05, 0.1) is 24.9 Å². The van der Waals surface area contributed by atoms with Crippen LogP contribution < -0.4 is 4.74 Å². The Morgan fingerprint density at radius 2 is 1.97 bits per heavy atom. The van der Waals surface area contributed by atoms with Crippen molar-refractivity contribution >= 4 is 10.9 Å². The molecule has 2 aromatic heterocycles. The second-order valence-corrected chi connectivity index (χ2v) is 9.24. The van der Waals surface area contributed by atoms with Crippen LogP contribution in [0.5, 0.6) is 5.75 Å². The number of aromatic nitrogens is 2. The number of nitrogens with zero attached hydrogens (tertiary/aromatic N) is 3. The zero-order valence-corrected chi connectivity index (χ0v) is 18.6. The zero-order chi connectivity index (χ0) is 21.4. The first kappa shape index (κ1) is 20.6. The van der Waals surface area contributed by atoms with Crippen LogP contribution in [0.2, 0.25) is 0 Å². The highest BCUT2D eigenvalue weighted by Crippen LogP contribution is 2.32. The maximum absolute atomic E-state index is 9.78. The minimum Gasteiger partial charge on any atom is -0.490 e. The fourth-order valence-electron chi connectivity index (χ4n) is 5.31. The Bertz CT molecular complexity index is 1030. The Morgan fingerprint density at radius 1 is 1.13 bits per heavy atom. The molecule has 3 aromatic rings. The summed E-state index contributed by atoms with van der Waals surface area (Å²) in [6.45, 7) is 6.84. The summed E-state index contributed by atoms with van der Waals surface area (Å²) in [5.41, 5.74) is 4.58. The molecule has 0 radical (unpaired) electrons. The number of ether oxygens (including phenoxy) is 1. The summed E-state index contributed by atoms with van der Waals surface area (Å²) in [4.78, 5) is 2.42. The number of aliphatic hydroxyl groups is 1. The van der Waals surface area contributed by atoms with E-state index < -0.39 is 0 Å². The topological polar surface area (TPSA) is 63.7 Å². The summed E-state index contributed by atoms with van der Waals surface area (Å²) in [5.74, 6) is 1.85. The number of aliphatic hydroxyl groups excluding tert-OH is 1. The SMILES string of the molecule is Cc1noc(C)c1Cn1cc(CN2CCC[C@H]2CO)c2cc(OC3CCCC3)ccc21. The van der Waals surface area contributed by atoms with Gasteiger partial charge in [-0.3, -0.25) is 4.90 Å². The second kappa shape index (κ2) is 8.67. The molecule has 2 fully saturated rings. The molecule has 1 aromatic carbocycles. The predicted octanol–water partition coefficient (Wildman–Crippen LogP) is 4.57. The highest BCUT2D eigenvalue weighted by atomic mass is 16.5. The van der Waals surface area contributed by atoms with Gasteiger partial charge in [-0.1, -0.05) is 5.16 Å². The van der Waals surface area contributed by atoms with E-state index >= 15 is 0 Å². The van der Waals surface area contributed by atoms with Gasteiger partial charge < -0.3 is 18.9 Å². The van der Waals surface area contributed by atoms with E-state index in [0.29, 0.717) is 6.10 Å². The van der Waals surface area contributed by atoms with Crippen molar-refractivity contribution < 1.29 is 14.4 Å². The van der Waals surface area contributed by atoms with E-state index in [4.69, 9.17) is 9.26 Å². The van der Waals surface area contributed by atoms with Gasteiger partial charge in [0.1, 0.15) is 11.5 Å². The largest absolute Gasteiger partial charge is 0.490 e. The lowest BCUT2D eigenvalue weighted by Crippen LogP contribution is -2.31. The van der Waals surface area contributed by atoms with Crippen LogP contribution in [0.4, 0.5) is 0 Å². The quantitative estimate of drug-likeness (QED) is 0.603. The van der Waals surface area contributed by atoms with Crippen molar-refractivity contribution in [3.8, 4) is 5.75 Å². The number of rotatable bonds is 7. The standard InChI is InChI=1S/C25H33N3O3/c1-17-24(18(2)31-26-17)15-28-14-19(13-27-11-5-6-20(27)16-29)23-12-22(9-10-25(23)28)30-21-7-3-4-8-21/h9-10,12,14,20-21,29H,3-8,11,13,15-16H2,1-2H3/t20-/m0/s1. The van der Waals surface area contributed by atoms with Crippen LogP contribution in [0.15, 0.2) is 28.9 Å². The molecule has 1 saturated carbocycles. The van der Waals surface area contributed by atoms with Gasteiger partial charge in [0, 0.05) is 35.2 Å². The third-order valence-corrected chi connectivity index (χ3v) is 7.13. The van der Waals surface area contributed by atoms with Gasteiger partial charge in [-0.25, -0.2) is 0 Å². The highest BCUT2D eigenvalue weighted by molar-refractivity contribution is 5.85. The van der Waals surface area contributed by atoms with E-state index in [1.807, 2.05) is 13.8 Å². The smallest absolute Gasteiger partial charge is 0.138 e. The molecule has 5 rings (SSSR count). The van der Waals surface area contributed by atoms with Crippen LogP contribution in [0.1, 0.15) is 61.1 Å². The predicted molar refractivity (Wildman–Crippen MR) is 120 cm³/mol. The molecule has 1 aliphatic carbocycles. The van der Waals surface area contributed by atoms with Crippen molar-refractivity contribution in [2.45, 2.75) is 77.6 Å². The normalized spacial score (nSPS) is 20.3. The number of fused-ring (bicyclic) bond motifs is 1. The Morgan fingerprint density at radius 3 is 2.71 bits per heavy atom. The lowest BCUT2D eigenvalue weighted by atomic mass is 10.1. The summed E-state index contributed by atoms with van der Waals surface area (Å²) < 4.78 is 14.0. The first-order valence-corrected chi connectivity index (χ1v) is 11.7. The third-order valence-electron chi connectivity index (χ3n) is 7.13. The van der Waals surface area contributed by atoms with Crippen molar-refractivity contribution in [3.05, 3.63) is 47.0 Å². The molecule has 6 nitrogen and oxygen atoms in total. The summed E-state index contributed by atoms with van der Waals surface area (Å²) in [5, 5.41) is 15.2. The number of benzene rings is 1. The molecule has 2 aliphatic rings. The van der Waals surface area contributed by atoms with Crippen LogP contribution in [0, 0.1) is 13.8 Å². The van der Waals surface area contributed by atoms with E-state index in [1.165, 1.54) is 29.3 Å². The van der Waals surface area contributed by atoms with Gasteiger partial charge in [0.2, 0.25) is 0 Å². The first-order chi connectivity index (χ1) is 15.1. The Labute approximate surface area is 183 Å². The van der Waals surface area contributed by atoms with Crippen molar-refractivity contribution in [1.82, 2.24) is 14.6 Å². The van der Waals surface area contributed by atoms with Crippen molar-refractivity contribution in [1.29, 1.82) is 0 Å². The molecule has 6 heteroatoms. The van der Waals surface area contributed by atoms with Crippen molar-refractivity contribution in [3.63, 3.8) is 0 Å². The van der Waals surface area contributed by atoms with E-state index in [-0.39, 0.29) is 12.6 Å². The van der Waals surface area contributed by atoms with Gasteiger partial charge in [-0.15, -0.1) is 0 Å². The van der Waals surface area contributed by atoms with Crippen LogP contribution in [0.25, 0.3) is 10.9 Å². The van der Waals surface area contributed by atoms with E-state index in [9.17, 15) is 5.11 Å². The molecule has 31 heavy (non-hydrogen) atoms. The first-order valence-electron chi connectivity index (χ1n) is 11.7. The minimum atomic E-state index is 0.230. The second-order valence-electron chi connectivity index (χ2n) is 9.24. The molecule has 1 N–H and O–H groups in total. The van der Waals surface area contributed by atoms with Crippen LogP contribution in [-0.4, -0.2) is 45.0 Å². The zero-order valence-electron chi connectivity index (χ0n) is 18.6. The Balaban J connectivity index is 1.50. The average molecular weight is 424 g/mol. The number of likely N-dealkylation sites (tertiary alicyclic amines) is 1. The van der Waals surface area contributed by atoms with Gasteiger partial charge in [0.25, 0.3) is 0 Å². The van der Waals surface area contributed by atoms with E-state index in [1.54, 1.807) is 0 Å². The monoisotopic (exact) mass is 423 g/mol. The van der Waals surface area contributed by atoms with Crippen LogP contribution in [-0.2, 0) is 13.1 Å². The fraction of sp³-hybridized carbons (Fsp3) is 0.560. The molecular weight excluding hydrogens is 390 g/mol. The molecule has 166 valence electrons. The summed E-state index contributed by atoms with van der Waals surface area (Å²) in [7, 11) is 0. The number of hydrogen-bond donors (Lipinski definition) is 1. The van der Waals surface area contributed by atoms with Gasteiger partial charge in [0.15, 0.2) is 0 Å². The van der Waals surface area contributed by atoms with Crippen molar-refractivity contribution in [2.75, 3.05) is 13.2 Å². The molecule has 0 unspecified atom stereocenters. The average Bonchev–Trinajstić information content (AvgIpc) is 3.55. The maximum atomic E-state index is 9.78. The highest BCUT2D eigenvalue weighted by Gasteiger charge is 2.25. The van der Waals surface area contributed by atoms with Gasteiger partial charge >= 0.3 is 0 Å². The molecule has 1 aliphatic heterocycles. The molecule has 1 atom stereocenters. The van der Waals surface area contributed by atoms with Crippen molar-refractivity contribution in [2.24, 2.45) is 0 Å². The Kier molecular flexibility index (Phi) is 5.76. The molecule has 0 spiro atoms. The third kappa shape index (κ3) is 4.11. The number of aryl methyl sites for hydroxylation is 2. The van der Waals surface area contributed by atoms with E-state index in [0.717, 1.165) is 68.1 Å². The molecular formula is C25H33N3O3. The van der Waals surface area contributed by atoms with Gasteiger partial charge in [-0.05, 0) is 82.7 Å². The minimum absolute atomic E-state index is 0.230. The summed E-state index contributed by atoms with van der Waals surface area (Å²) >= 11 is 0. The lowest BCUT2D eigenvalue weighted by molar-refractivity contribution is 0.154. The molecule has 0 amide bonds. The fourth-order valence-corrected chi connectivity index (χ4v) is 5.31. The van der Waals surface area contributed by atoms with Crippen LogP contribution in [0.3, 0.4) is 0 Å². The Hall–Kier alpha value is -2.31. The summed E-state index contributed by atoms with van der Waals surface area (Å²) in [6, 6.07) is 6.78. The van der Waals surface area contributed by atoms with Gasteiger partial charge in [-0.2, -0.15) is 0 Å². The van der Waals surface area contributed by atoms with Crippen LogP contribution >= 0.6 is 0 Å². The lowest BCUT2D eigenvalue weighted by Gasteiger charge is -2.22. The molecule has 3 heterocycles. The summed E-state index contributed by atoms with van der Waals surface area (Å²) in [6.07, 6.45) is 9.69. The number of hydrogen-bond acceptors (Lipinski definition) is 5. The maximum Gasteiger partial charge on any atom is 0.138 e. The molecule has 0 bridgehead atoms. The molecule has 1 saturated heterocycles.